The molecule has 2 aromatic heterocycles. The third-order valence-corrected chi connectivity index (χ3v) is 4.52. The molecule has 0 aromatic carbocycles. The van der Waals surface area contributed by atoms with E-state index in [9.17, 15) is 0 Å². The van der Waals surface area contributed by atoms with Crippen LogP contribution in [0.25, 0.3) is 10.7 Å². The summed E-state index contributed by atoms with van der Waals surface area (Å²) < 4.78 is 0. The molecule has 0 bridgehead atoms. The number of aromatic amines is 1. The van der Waals surface area contributed by atoms with Gasteiger partial charge in [0.05, 0.1) is 4.88 Å². The maximum atomic E-state index is 4.68. The van der Waals surface area contributed by atoms with Gasteiger partial charge in [-0.1, -0.05) is 13.0 Å². The Labute approximate surface area is 104 Å². The molecule has 2 N–H and O–H groups in total. The maximum Gasteiger partial charge on any atom is 0.191 e. The van der Waals surface area contributed by atoms with E-state index in [1.54, 1.807) is 11.3 Å². The van der Waals surface area contributed by atoms with Gasteiger partial charge in [-0.3, -0.25) is 5.10 Å². The highest BCUT2D eigenvalue weighted by Crippen LogP contribution is 2.33. The van der Waals surface area contributed by atoms with E-state index in [0.717, 1.165) is 42.5 Å². The van der Waals surface area contributed by atoms with Gasteiger partial charge in [-0.25, -0.2) is 4.98 Å². The van der Waals surface area contributed by atoms with Crippen LogP contribution in [0.5, 0.6) is 0 Å². The lowest BCUT2D eigenvalue weighted by Gasteiger charge is -2.22. The molecule has 1 atom stereocenters. The molecule has 1 fully saturated rings. The van der Waals surface area contributed by atoms with Crippen molar-refractivity contribution in [2.24, 2.45) is 0 Å². The predicted octanol–water partition coefficient (Wildman–Crippen LogP) is 2.17. The van der Waals surface area contributed by atoms with Gasteiger partial charge in [0.2, 0.25) is 0 Å². The van der Waals surface area contributed by atoms with Crippen molar-refractivity contribution >= 4 is 11.3 Å². The van der Waals surface area contributed by atoms with E-state index in [4.69, 9.17) is 0 Å². The summed E-state index contributed by atoms with van der Waals surface area (Å²) in [6.07, 6.45) is 2.24. The molecular weight excluding hydrogens is 232 g/mol. The molecule has 2 aromatic rings. The van der Waals surface area contributed by atoms with Gasteiger partial charge in [-0.15, -0.1) is 11.3 Å². The maximum absolute atomic E-state index is 4.68. The summed E-state index contributed by atoms with van der Waals surface area (Å²) >= 11 is 1.68. The Balaban J connectivity index is 1.94. The number of nitrogens with one attached hydrogen (secondary N) is 2. The van der Waals surface area contributed by atoms with Crippen molar-refractivity contribution in [1.82, 2.24) is 20.5 Å². The molecule has 1 aliphatic heterocycles. The fraction of sp³-hybridized carbons (Fsp3) is 0.500. The lowest BCUT2D eigenvalue weighted by molar-refractivity contribution is 0.427. The Morgan fingerprint density at radius 3 is 3.12 bits per heavy atom. The van der Waals surface area contributed by atoms with E-state index in [1.807, 2.05) is 6.07 Å². The van der Waals surface area contributed by atoms with Gasteiger partial charge in [0.1, 0.15) is 5.82 Å². The van der Waals surface area contributed by atoms with Gasteiger partial charge in [0.25, 0.3) is 0 Å². The summed E-state index contributed by atoms with van der Waals surface area (Å²) in [4.78, 5) is 5.81. The first-order valence-electron chi connectivity index (χ1n) is 6.01. The molecule has 1 aliphatic rings. The number of hydrogen-bond acceptors (Lipinski definition) is 4. The number of thiophene rings is 1. The second kappa shape index (κ2) is 4.23. The third-order valence-electron chi connectivity index (χ3n) is 3.65. The smallest absolute Gasteiger partial charge is 0.191 e. The molecular formula is C12H16N4S. The topological polar surface area (TPSA) is 53.6 Å². The Bertz CT molecular complexity index is 482. The van der Waals surface area contributed by atoms with Gasteiger partial charge in [-0.05, 0) is 30.8 Å². The Kier molecular flexibility index (Phi) is 2.72. The first-order chi connectivity index (χ1) is 8.34. The van der Waals surface area contributed by atoms with Crippen molar-refractivity contribution in [3.8, 4) is 10.7 Å². The Morgan fingerprint density at radius 2 is 2.47 bits per heavy atom. The molecule has 0 aliphatic carbocycles. The van der Waals surface area contributed by atoms with E-state index in [2.05, 4.69) is 38.9 Å². The molecule has 4 nitrogen and oxygen atoms in total. The lowest BCUT2D eigenvalue weighted by Crippen LogP contribution is -2.29. The zero-order chi connectivity index (χ0) is 11.7. The summed E-state index contributed by atoms with van der Waals surface area (Å²) in [5.41, 5.74) is 0.155. The normalized spacial score (nSPS) is 24.3. The van der Waals surface area contributed by atoms with E-state index < -0.39 is 0 Å². The number of nitrogens with zero attached hydrogens (tertiary/aromatic N) is 2. The summed E-state index contributed by atoms with van der Waals surface area (Å²) in [5.74, 6) is 1.86. The molecule has 3 rings (SSSR count). The highest BCUT2D eigenvalue weighted by molar-refractivity contribution is 7.13. The van der Waals surface area contributed by atoms with E-state index >= 15 is 0 Å². The zero-order valence-corrected chi connectivity index (χ0v) is 10.7. The van der Waals surface area contributed by atoms with E-state index in [0.29, 0.717) is 0 Å². The van der Waals surface area contributed by atoms with Crippen LogP contribution in [0.1, 0.15) is 25.6 Å². The summed E-state index contributed by atoms with van der Waals surface area (Å²) in [7, 11) is 0. The zero-order valence-electron chi connectivity index (χ0n) is 9.86. The quantitative estimate of drug-likeness (QED) is 0.875. The SMILES string of the molecule is CCC1(c2nc(-c3cccs3)n[nH]2)CCNC1. The van der Waals surface area contributed by atoms with Gasteiger partial charge in [0, 0.05) is 12.0 Å². The molecule has 0 amide bonds. The van der Waals surface area contributed by atoms with Crippen molar-refractivity contribution in [3.05, 3.63) is 23.3 Å². The van der Waals surface area contributed by atoms with Crippen molar-refractivity contribution in [2.45, 2.75) is 25.2 Å². The average molecular weight is 248 g/mol. The van der Waals surface area contributed by atoms with Crippen LogP contribution in [-0.2, 0) is 5.41 Å². The minimum Gasteiger partial charge on any atom is -0.316 e. The highest BCUT2D eigenvalue weighted by Gasteiger charge is 2.37. The van der Waals surface area contributed by atoms with Crippen molar-refractivity contribution in [2.75, 3.05) is 13.1 Å². The standard InChI is InChI=1S/C12H16N4S/c1-2-12(5-6-13-8-12)11-14-10(15-16-11)9-4-3-7-17-9/h3-4,7,13H,2,5-6,8H2,1H3,(H,14,15,16). The van der Waals surface area contributed by atoms with Crippen LogP contribution in [0.2, 0.25) is 0 Å². The van der Waals surface area contributed by atoms with E-state index in [1.165, 1.54) is 0 Å². The molecule has 3 heterocycles. The van der Waals surface area contributed by atoms with Crippen LogP contribution >= 0.6 is 11.3 Å². The van der Waals surface area contributed by atoms with Gasteiger partial charge >= 0.3 is 0 Å². The highest BCUT2D eigenvalue weighted by atomic mass is 32.1. The largest absolute Gasteiger partial charge is 0.316 e. The Morgan fingerprint density at radius 1 is 1.53 bits per heavy atom. The summed E-state index contributed by atoms with van der Waals surface area (Å²) in [5, 5.41) is 13.0. The first-order valence-corrected chi connectivity index (χ1v) is 6.89. The second-order valence-electron chi connectivity index (χ2n) is 4.55. The molecule has 90 valence electrons. The molecule has 17 heavy (non-hydrogen) atoms. The van der Waals surface area contributed by atoms with Crippen LogP contribution in [0.4, 0.5) is 0 Å². The van der Waals surface area contributed by atoms with Crippen molar-refractivity contribution < 1.29 is 0 Å². The second-order valence-corrected chi connectivity index (χ2v) is 5.49. The number of hydrogen-bond donors (Lipinski definition) is 2. The number of rotatable bonds is 3. The van der Waals surface area contributed by atoms with Crippen LogP contribution < -0.4 is 5.32 Å². The molecule has 0 radical (unpaired) electrons. The Hall–Kier alpha value is -1.20. The fourth-order valence-corrected chi connectivity index (χ4v) is 3.09. The summed E-state index contributed by atoms with van der Waals surface area (Å²) in [6.45, 7) is 4.30. The number of H-pyrrole nitrogens is 1. The third kappa shape index (κ3) is 1.79. The van der Waals surface area contributed by atoms with Crippen LogP contribution in [0, 0.1) is 0 Å². The monoisotopic (exact) mass is 248 g/mol. The van der Waals surface area contributed by atoms with Crippen molar-refractivity contribution in [3.63, 3.8) is 0 Å². The first kappa shape index (κ1) is 10.9. The van der Waals surface area contributed by atoms with Crippen LogP contribution in [0.3, 0.4) is 0 Å². The minimum atomic E-state index is 0.155. The number of aromatic nitrogens is 3. The van der Waals surface area contributed by atoms with Crippen molar-refractivity contribution in [1.29, 1.82) is 0 Å². The minimum absolute atomic E-state index is 0.155. The van der Waals surface area contributed by atoms with Gasteiger partial charge in [-0.2, -0.15) is 5.10 Å². The lowest BCUT2D eigenvalue weighted by atomic mass is 9.83. The fourth-order valence-electron chi connectivity index (χ4n) is 2.43. The summed E-state index contributed by atoms with van der Waals surface area (Å²) in [6, 6.07) is 4.09. The van der Waals surface area contributed by atoms with Crippen LogP contribution in [0.15, 0.2) is 17.5 Å². The van der Waals surface area contributed by atoms with Gasteiger partial charge < -0.3 is 5.32 Å². The van der Waals surface area contributed by atoms with Gasteiger partial charge in [0.15, 0.2) is 5.82 Å². The molecule has 1 saturated heterocycles. The van der Waals surface area contributed by atoms with E-state index in [-0.39, 0.29) is 5.41 Å². The predicted molar refractivity (Wildman–Crippen MR) is 69.2 cm³/mol. The molecule has 5 heteroatoms. The average Bonchev–Trinajstić information content (AvgIpc) is 3.10. The van der Waals surface area contributed by atoms with Crippen LogP contribution in [-0.4, -0.2) is 28.3 Å². The molecule has 1 unspecified atom stereocenters. The molecule has 0 spiro atoms. The molecule has 0 saturated carbocycles.